The molecule has 1 aromatic rings. The van der Waals surface area contributed by atoms with Crippen molar-refractivity contribution >= 4 is 8.32 Å². The van der Waals surface area contributed by atoms with E-state index in [-0.39, 0.29) is 11.1 Å². The van der Waals surface area contributed by atoms with Crippen LogP contribution in [-0.4, -0.2) is 46.2 Å². The van der Waals surface area contributed by atoms with E-state index in [4.69, 9.17) is 18.6 Å². The van der Waals surface area contributed by atoms with Gasteiger partial charge in [-0.1, -0.05) is 51.1 Å². The molecule has 148 valence electrons. The topological polar surface area (TPSA) is 36.9 Å². The molecule has 0 N–H and O–H groups in total. The molecule has 0 spiro atoms. The van der Waals surface area contributed by atoms with Gasteiger partial charge in [0.25, 0.3) is 0 Å². The molecule has 1 aliphatic rings. The van der Waals surface area contributed by atoms with E-state index in [0.717, 1.165) is 5.56 Å². The average molecular weight is 385 g/mol. The molecule has 0 bridgehead atoms. The highest BCUT2D eigenvalue weighted by Gasteiger charge is 2.50. The Morgan fingerprint density at radius 3 is 2.27 bits per heavy atom. The van der Waals surface area contributed by atoms with E-state index in [1.54, 1.807) is 0 Å². The van der Waals surface area contributed by atoms with Crippen molar-refractivity contribution in [1.29, 1.82) is 0 Å². The second-order valence-corrected chi connectivity index (χ2v) is 13.3. The average Bonchev–Trinajstić information content (AvgIpc) is 2.57. The molecule has 2 rings (SSSR count). The molecule has 0 saturated carbocycles. The predicted molar refractivity (Wildman–Crippen MR) is 103 cm³/mol. The summed E-state index contributed by atoms with van der Waals surface area (Å²) in [5.41, 5.74) is 1.04. The zero-order chi connectivity index (χ0) is 19.5. The lowest BCUT2D eigenvalue weighted by atomic mass is 10.0. The van der Waals surface area contributed by atoms with E-state index in [1.165, 1.54) is 7.11 Å². The summed E-state index contributed by atoms with van der Waals surface area (Å²) in [7, 11) is -0.730. The van der Waals surface area contributed by atoms with Gasteiger partial charge in [-0.3, -0.25) is 0 Å². The molecule has 1 fully saturated rings. The maximum Gasteiger partial charge on any atom is 0.192 e. The first kappa shape index (κ1) is 21.5. The SMILES string of the molecule is CO[C@H]1O[C@H](C)[C@H](OCc2ccccc2)[C@H](O[Si](C)(C)C(C)(C)C)[C@H]1F. The van der Waals surface area contributed by atoms with Gasteiger partial charge in [-0.25, -0.2) is 4.39 Å². The van der Waals surface area contributed by atoms with E-state index in [9.17, 15) is 0 Å². The highest BCUT2D eigenvalue weighted by molar-refractivity contribution is 6.74. The van der Waals surface area contributed by atoms with Crippen LogP contribution >= 0.6 is 0 Å². The van der Waals surface area contributed by atoms with Gasteiger partial charge < -0.3 is 18.6 Å². The van der Waals surface area contributed by atoms with Crippen molar-refractivity contribution < 1.29 is 23.0 Å². The zero-order valence-corrected chi connectivity index (χ0v) is 18.0. The molecule has 0 radical (unpaired) electrons. The van der Waals surface area contributed by atoms with Gasteiger partial charge in [-0.05, 0) is 30.6 Å². The van der Waals surface area contributed by atoms with Crippen LogP contribution in [0.25, 0.3) is 0 Å². The van der Waals surface area contributed by atoms with E-state index >= 15 is 4.39 Å². The van der Waals surface area contributed by atoms with E-state index < -0.39 is 33.0 Å². The van der Waals surface area contributed by atoms with Gasteiger partial charge in [-0.2, -0.15) is 0 Å². The first-order chi connectivity index (χ1) is 12.1. The van der Waals surface area contributed by atoms with Gasteiger partial charge in [0.15, 0.2) is 20.8 Å². The Morgan fingerprint density at radius 1 is 1.12 bits per heavy atom. The third kappa shape index (κ3) is 4.92. The number of hydrogen-bond donors (Lipinski definition) is 0. The molecule has 26 heavy (non-hydrogen) atoms. The summed E-state index contributed by atoms with van der Waals surface area (Å²) in [5.74, 6) is 0. The fraction of sp³-hybridized carbons (Fsp3) is 0.700. The molecule has 5 atom stereocenters. The van der Waals surface area contributed by atoms with Crippen LogP contribution in [0.5, 0.6) is 0 Å². The minimum Gasteiger partial charge on any atom is -0.408 e. The van der Waals surface area contributed by atoms with Gasteiger partial charge in [0.1, 0.15) is 12.2 Å². The smallest absolute Gasteiger partial charge is 0.192 e. The van der Waals surface area contributed by atoms with Crippen molar-refractivity contribution in [3.05, 3.63) is 35.9 Å². The number of halogens is 1. The minimum atomic E-state index is -2.19. The molecule has 0 aromatic heterocycles. The molecule has 1 aliphatic heterocycles. The Kier molecular flexibility index (Phi) is 7.02. The predicted octanol–water partition coefficient (Wildman–Crippen LogP) is 4.69. The van der Waals surface area contributed by atoms with Crippen LogP contribution in [0.15, 0.2) is 30.3 Å². The van der Waals surface area contributed by atoms with Crippen molar-refractivity contribution in [2.45, 2.75) is 83.2 Å². The minimum absolute atomic E-state index is 0.0270. The van der Waals surface area contributed by atoms with Crippen molar-refractivity contribution in [3.8, 4) is 0 Å². The summed E-state index contributed by atoms with van der Waals surface area (Å²) in [6.07, 6.45) is -3.87. The summed E-state index contributed by atoms with van der Waals surface area (Å²) in [6, 6.07) is 9.86. The third-order valence-electron chi connectivity index (χ3n) is 5.46. The summed E-state index contributed by atoms with van der Waals surface area (Å²) in [4.78, 5) is 0. The second-order valence-electron chi connectivity index (χ2n) is 8.49. The normalized spacial score (nSPS) is 30.4. The van der Waals surface area contributed by atoms with E-state index in [1.807, 2.05) is 37.3 Å². The summed E-state index contributed by atoms with van der Waals surface area (Å²) < 4.78 is 38.6. The number of benzene rings is 1. The lowest BCUT2D eigenvalue weighted by Crippen LogP contribution is -2.61. The van der Waals surface area contributed by atoms with Crippen LogP contribution in [-0.2, 0) is 25.2 Å². The molecule has 1 aromatic carbocycles. The number of hydrogen-bond acceptors (Lipinski definition) is 4. The molecule has 0 aliphatic carbocycles. The quantitative estimate of drug-likeness (QED) is 0.667. The van der Waals surface area contributed by atoms with Crippen molar-refractivity contribution in [1.82, 2.24) is 0 Å². The monoisotopic (exact) mass is 384 g/mol. The maximum atomic E-state index is 15.1. The lowest BCUT2D eigenvalue weighted by molar-refractivity contribution is -0.277. The van der Waals surface area contributed by atoms with Crippen LogP contribution in [0.4, 0.5) is 4.39 Å². The summed E-state index contributed by atoms with van der Waals surface area (Å²) in [5, 5.41) is -0.0270. The Morgan fingerprint density at radius 2 is 1.73 bits per heavy atom. The molecule has 4 nitrogen and oxygen atoms in total. The molecule has 0 unspecified atom stereocenters. The summed E-state index contributed by atoms with van der Waals surface area (Å²) >= 11 is 0. The molecule has 1 saturated heterocycles. The third-order valence-corrected chi connectivity index (χ3v) is 9.94. The number of methoxy groups -OCH3 is 1. The molecular weight excluding hydrogens is 351 g/mol. The second kappa shape index (κ2) is 8.48. The number of rotatable bonds is 6. The largest absolute Gasteiger partial charge is 0.408 e. The lowest BCUT2D eigenvalue weighted by Gasteiger charge is -2.47. The first-order valence-corrected chi connectivity index (χ1v) is 12.1. The highest BCUT2D eigenvalue weighted by Crippen LogP contribution is 2.40. The molecule has 6 heteroatoms. The van der Waals surface area contributed by atoms with Crippen LogP contribution < -0.4 is 0 Å². The van der Waals surface area contributed by atoms with Crippen LogP contribution in [0.2, 0.25) is 18.1 Å². The van der Waals surface area contributed by atoms with Gasteiger partial charge in [-0.15, -0.1) is 0 Å². The highest BCUT2D eigenvalue weighted by atomic mass is 28.4. The van der Waals surface area contributed by atoms with Gasteiger partial charge in [0.2, 0.25) is 0 Å². The van der Waals surface area contributed by atoms with Gasteiger partial charge in [0.05, 0.1) is 12.7 Å². The Balaban J connectivity index is 2.20. The summed E-state index contributed by atoms with van der Waals surface area (Å²) in [6.45, 7) is 12.9. The van der Waals surface area contributed by atoms with Gasteiger partial charge >= 0.3 is 0 Å². The number of alkyl halides is 1. The van der Waals surface area contributed by atoms with Crippen molar-refractivity contribution in [2.24, 2.45) is 0 Å². The van der Waals surface area contributed by atoms with E-state index in [2.05, 4.69) is 33.9 Å². The van der Waals surface area contributed by atoms with Crippen molar-refractivity contribution in [3.63, 3.8) is 0 Å². The fourth-order valence-electron chi connectivity index (χ4n) is 2.80. The van der Waals surface area contributed by atoms with Crippen molar-refractivity contribution in [2.75, 3.05) is 7.11 Å². The maximum absolute atomic E-state index is 15.1. The van der Waals surface area contributed by atoms with E-state index in [0.29, 0.717) is 6.61 Å². The Labute approximate surface area is 158 Å². The molecular formula is C20H33FO4Si. The van der Waals surface area contributed by atoms with Crippen LogP contribution in [0.1, 0.15) is 33.3 Å². The molecule has 1 heterocycles. The Hall–Kier alpha value is -0.793. The first-order valence-electron chi connectivity index (χ1n) is 9.22. The van der Waals surface area contributed by atoms with Crippen LogP contribution in [0, 0.1) is 0 Å². The number of ether oxygens (including phenoxy) is 3. The zero-order valence-electron chi connectivity index (χ0n) is 17.0. The molecule has 0 amide bonds. The van der Waals surface area contributed by atoms with Gasteiger partial charge in [0, 0.05) is 7.11 Å². The standard InChI is InChI=1S/C20H33FO4Si/c1-14-17(23-13-15-11-9-8-10-12-15)18(16(21)19(22-5)24-14)25-26(6,7)20(2,3)4/h8-12,14,16-19H,13H2,1-7H3/t14-,16-,17+,18-,19+/m1/s1. The van der Waals surface area contributed by atoms with Crippen LogP contribution in [0.3, 0.4) is 0 Å². The fourth-order valence-corrected chi connectivity index (χ4v) is 4.10. The Bertz CT molecular complexity index is 561.